The van der Waals surface area contributed by atoms with Gasteiger partial charge in [0.25, 0.3) is 6.43 Å². The summed E-state index contributed by atoms with van der Waals surface area (Å²) in [6.45, 7) is -0.860. The first-order valence-corrected chi connectivity index (χ1v) is 5.13. The summed E-state index contributed by atoms with van der Waals surface area (Å²) in [7, 11) is 0. The van der Waals surface area contributed by atoms with E-state index in [-0.39, 0.29) is 13.2 Å². The van der Waals surface area contributed by atoms with Crippen LogP contribution in [0.1, 0.15) is 6.42 Å². The summed E-state index contributed by atoms with van der Waals surface area (Å²) in [5.74, 6) is 0. The summed E-state index contributed by atoms with van der Waals surface area (Å²) in [4.78, 5) is 0. The SMILES string of the molecule is FC(F)COCCNCCCOCC(F)(F)F. The Morgan fingerprint density at radius 3 is 2.29 bits per heavy atom. The van der Waals surface area contributed by atoms with E-state index >= 15 is 0 Å². The van der Waals surface area contributed by atoms with Crippen molar-refractivity contribution in [2.45, 2.75) is 19.0 Å². The zero-order chi connectivity index (χ0) is 13.1. The standard InChI is InChI=1S/C9H16F5NO2/c10-8(11)6-16-5-3-15-2-1-4-17-7-9(12,13)14/h8,15H,1-7H2. The molecule has 0 atom stereocenters. The van der Waals surface area contributed by atoms with Crippen LogP contribution in [0.4, 0.5) is 22.0 Å². The number of rotatable bonds is 10. The number of hydrogen-bond donors (Lipinski definition) is 1. The zero-order valence-electron chi connectivity index (χ0n) is 9.23. The summed E-state index contributed by atoms with van der Waals surface area (Å²) >= 11 is 0. The van der Waals surface area contributed by atoms with Crippen LogP contribution in [0.3, 0.4) is 0 Å². The van der Waals surface area contributed by atoms with Gasteiger partial charge in [-0.1, -0.05) is 0 Å². The second-order valence-electron chi connectivity index (χ2n) is 3.24. The van der Waals surface area contributed by atoms with Gasteiger partial charge in [0, 0.05) is 13.2 Å². The predicted octanol–water partition coefficient (Wildman–Crippen LogP) is 1.83. The highest BCUT2D eigenvalue weighted by Gasteiger charge is 2.27. The molecule has 104 valence electrons. The van der Waals surface area contributed by atoms with Crippen molar-refractivity contribution in [2.24, 2.45) is 0 Å². The van der Waals surface area contributed by atoms with E-state index in [0.717, 1.165) is 0 Å². The fourth-order valence-electron chi connectivity index (χ4n) is 0.929. The van der Waals surface area contributed by atoms with Crippen LogP contribution < -0.4 is 5.32 Å². The van der Waals surface area contributed by atoms with Gasteiger partial charge >= 0.3 is 6.18 Å². The van der Waals surface area contributed by atoms with E-state index in [9.17, 15) is 22.0 Å². The lowest BCUT2D eigenvalue weighted by Crippen LogP contribution is -2.24. The van der Waals surface area contributed by atoms with Crippen molar-refractivity contribution in [3.05, 3.63) is 0 Å². The minimum absolute atomic E-state index is 0.00437. The van der Waals surface area contributed by atoms with Gasteiger partial charge in [0.2, 0.25) is 0 Å². The third-order valence-corrected chi connectivity index (χ3v) is 1.57. The number of halogens is 5. The minimum Gasteiger partial charge on any atom is -0.374 e. The van der Waals surface area contributed by atoms with Crippen LogP contribution >= 0.6 is 0 Å². The lowest BCUT2D eigenvalue weighted by atomic mass is 10.4. The quantitative estimate of drug-likeness (QED) is 0.483. The normalized spacial score (nSPS) is 12.4. The molecule has 0 aliphatic carbocycles. The van der Waals surface area contributed by atoms with Gasteiger partial charge in [-0.25, -0.2) is 8.78 Å². The fourth-order valence-corrected chi connectivity index (χ4v) is 0.929. The first-order valence-electron chi connectivity index (χ1n) is 5.13. The first-order chi connectivity index (χ1) is 7.92. The summed E-state index contributed by atoms with van der Waals surface area (Å²) < 4.78 is 67.0. The van der Waals surface area contributed by atoms with E-state index in [1.807, 2.05) is 0 Å². The molecule has 0 radical (unpaired) electrons. The van der Waals surface area contributed by atoms with E-state index in [1.165, 1.54) is 0 Å². The van der Waals surface area contributed by atoms with Crippen LogP contribution in [0.25, 0.3) is 0 Å². The van der Waals surface area contributed by atoms with Crippen LogP contribution in [-0.4, -0.2) is 52.1 Å². The zero-order valence-corrected chi connectivity index (χ0v) is 9.23. The second kappa shape index (κ2) is 9.55. The molecule has 0 rings (SSSR count). The molecule has 3 nitrogen and oxygen atoms in total. The van der Waals surface area contributed by atoms with Crippen molar-refractivity contribution in [3.63, 3.8) is 0 Å². The molecule has 0 bridgehead atoms. The average molecular weight is 265 g/mol. The molecule has 17 heavy (non-hydrogen) atoms. The lowest BCUT2D eigenvalue weighted by molar-refractivity contribution is -0.173. The lowest BCUT2D eigenvalue weighted by Gasteiger charge is -2.08. The third-order valence-electron chi connectivity index (χ3n) is 1.57. The molecule has 0 aromatic heterocycles. The number of hydrogen-bond acceptors (Lipinski definition) is 3. The van der Waals surface area contributed by atoms with Gasteiger partial charge in [0.15, 0.2) is 0 Å². The maximum atomic E-state index is 11.6. The molecule has 0 amide bonds. The van der Waals surface area contributed by atoms with Gasteiger partial charge in [0.1, 0.15) is 13.2 Å². The topological polar surface area (TPSA) is 30.5 Å². The average Bonchev–Trinajstić information content (AvgIpc) is 2.18. The van der Waals surface area contributed by atoms with E-state index in [4.69, 9.17) is 0 Å². The molecule has 0 saturated carbocycles. The smallest absolute Gasteiger partial charge is 0.374 e. The van der Waals surface area contributed by atoms with Crippen molar-refractivity contribution in [2.75, 3.05) is 39.5 Å². The number of ether oxygens (including phenoxy) is 2. The number of alkyl halides is 5. The van der Waals surface area contributed by atoms with Crippen LogP contribution in [-0.2, 0) is 9.47 Å². The van der Waals surface area contributed by atoms with Crippen LogP contribution in [0.5, 0.6) is 0 Å². The Balaban J connectivity index is 3.04. The van der Waals surface area contributed by atoms with Crippen LogP contribution in [0.2, 0.25) is 0 Å². The maximum absolute atomic E-state index is 11.6. The molecule has 0 aromatic rings. The van der Waals surface area contributed by atoms with Crippen molar-refractivity contribution in [3.8, 4) is 0 Å². The molecule has 0 heterocycles. The van der Waals surface area contributed by atoms with Gasteiger partial charge in [-0.3, -0.25) is 0 Å². The molecule has 0 spiro atoms. The largest absolute Gasteiger partial charge is 0.411 e. The van der Waals surface area contributed by atoms with E-state index in [1.54, 1.807) is 0 Å². The monoisotopic (exact) mass is 265 g/mol. The van der Waals surface area contributed by atoms with Crippen LogP contribution in [0.15, 0.2) is 0 Å². The molecule has 0 fully saturated rings. The second-order valence-corrected chi connectivity index (χ2v) is 3.24. The fraction of sp³-hybridized carbons (Fsp3) is 1.00. The highest BCUT2D eigenvalue weighted by molar-refractivity contribution is 4.49. The molecule has 0 unspecified atom stereocenters. The van der Waals surface area contributed by atoms with Gasteiger partial charge in [-0.2, -0.15) is 13.2 Å². The van der Waals surface area contributed by atoms with E-state index in [2.05, 4.69) is 14.8 Å². The van der Waals surface area contributed by atoms with E-state index in [0.29, 0.717) is 19.5 Å². The summed E-state index contributed by atoms with van der Waals surface area (Å²) in [6.07, 6.45) is -6.35. The Labute approximate surface area is 96.3 Å². The minimum atomic E-state index is -4.30. The third kappa shape index (κ3) is 15.5. The Hall–Kier alpha value is -0.470. The molecule has 0 saturated heterocycles. The predicted molar refractivity (Wildman–Crippen MR) is 51.2 cm³/mol. The Kier molecular flexibility index (Phi) is 9.28. The Morgan fingerprint density at radius 2 is 1.71 bits per heavy atom. The van der Waals surface area contributed by atoms with Crippen molar-refractivity contribution >= 4 is 0 Å². The molecular weight excluding hydrogens is 249 g/mol. The molecule has 1 N–H and O–H groups in total. The Morgan fingerprint density at radius 1 is 1.00 bits per heavy atom. The van der Waals surface area contributed by atoms with Crippen molar-refractivity contribution < 1.29 is 31.4 Å². The molecule has 0 aliphatic heterocycles. The first kappa shape index (κ1) is 16.5. The number of nitrogens with one attached hydrogen (secondary N) is 1. The van der Waals surface area contributed by atoms with Gasteiger partial charge < -0.3 is 14.8 Å². The van der Waals surface area contributed by atoms with Gasteiger partial charge in [0.05, 0.1) is 6.61 Å². The summed E-state index contributed by atoms with van der Waals surface area (Å²) in [5, 5.41) is 2.83. The van der Waals surface area contributed by atoms with Crippen molar-refractivity contribution in [1.82, 2.24) is 5.32 Å². The van der Waals surface area contributed by atoms with Crippen molar-refractivity contribution in [1.29, 1.82) is 0 Å². The molecular formula is C9H16F5NO2. The van der Waals surface area contributed by atoms with Crippen LogP contribution in [0, 0.1) is 0 Å². The summed E-state index contributed by atoms with van der Waals surface area (Å²) in [6, 6.07) is 0. The molecule has 0 aromatic carbocycles. The van der Waals surface area contributed by atoms with E-state index < -0.39 is 25.8 Å². The highest BCUT2D eigenvalue weighted by atomic mass is 19.4. The molecule has 8 heteroatoms. The maximum Gasteiger partial charge on any atom is 0.411 e. The summed E-state index contributed by atoms with van der Waals surface area (Å²) in [5.41, 5.74) is 0. The Bertz CT molecular complexity index is 177. The van der Waals surface area contributed by atoms with Gasteiger partial charge in [-0.05, 0) is 13.0 Å². The van der Waals surface area contributed by atoms with Gasteiger partial charge in [-0.15, -0.1) is 0 Å². The highest BCUT2D eigenvalue weighted by Crippen LogP contribution is 2.14. The molecule has 0 aliphatic rings.